The van der Waals surface area contributed by atoms with Gasteiger partial charge in [0, 0.05) is 39.3 Å². The lowest BCUT2D eigenvalue weighted by Gasteiger charge is -2.34. The highest BCUT2D eigenvalue weighted by atomic mass is 16.6. The van der Waals surface area contributed by atoms with Crippen LogP contribution >= 0.6 is 0 Å². The summed E-state index contributed by atoms with van der Waals surface area (Å²) in [5.74, 6) is -0.0293. The zero-order chi connectivity index (χ0) is 17.6. The summed E-state index contributed by atoms with van der Waals surface area (Å²) in [5.41, 5.74) is -0.567. The zero-order valence-electron chi connectivity index (χ0n) is 14.9. The first kappa shape index (κ1) is 19.7. The van der Waals surface area contributed by atoms with Gasteiger partial charge in [-0.25, -0.2) is 4.79 Å². The summed E-state index contributed by atoms with van der Waals surface area (Å²) >= 11 is 0. The number of ether oxygens (including phenoxy) is 2. The van der Waals surface area contributed by atoms with Crippen LogP contribution in [-0.4, -0.2) is 78.0 Å². The van der Waals surface area contributed by atoms with Crippen LogP contribution in [0.3, 0.4) is 0 Å². The molecule has 1 fully saturated rings. The van der Waals surface area contributed by atoms with E-state index in [-0.39, 0.29) is 31.0 Å². The minimum atomic E-state index is -0.567. The number of amides is 2. The number of carbonyl (C=O) groups is 2. The molecule has 0 aromatic carbocycles. The van der Waals surface area contributed by atoms with Crippen molar-refractivity contribution in [1.82, 2.24) is 9.80 Å². The molecule has 1 heterocycles. The number of hydrogen-bond acceptors (Lipinski definition) is 5. The quantitative estimate of drug-likeness (QED) is 0.820. The number of rotatable bonds is 5. The van der Waals surface area contributed by atoms with E-state index in [2.05, 4.69) is 0 Å². The smallest absolute Gasteiger partial charge is 0.410 e. The molecule has 0 unspecified atom stereocenters. The zero-order valence-corrected chi connectivity index (χ0v) is 14.9. The van der Waals surface area contributed by atoms with E-state index in [1.807, 2.05) is 27.7 Å². The predicted octanol–water partition coefficient (Wildman–Crippen LogP) is 1.24. The molecule has 1 rings (SSSR count). The van der Waals surface area contributed by atoms with Crippen LogP contribution in [0.5, 0.6) is 0 Å². The highest BCUT2D eigenvalue weighted by molar-refractivity contribution is 5.78. The second-order valence-corrected chi connectivity index (χ2v) is 6.94. The molecular weight excluding hydrogens is 300 g/mol. The Bertz CT molecular complexity index is 402. The first-order valence-electron chi connectivity index (χ1n) is 8.08. The summed E-state index contributed by atoms with van der Waals surface area (Å²) in [6.07, 6.45) is 0.304. The highest BCUT2D eigenvalue weighted by Gasteiger charge is 2.34. The summed E-state index contributed by atoms with van der Waals surface area (Å²) in [6, 6.07) is -0.340. The Balaban J connectivity index is 2.83. The van der Waals surface area contributed by atoms with Crippen LogP contribution in [0.15, 0.2) is 0 Å². The molecule has 1 aliphatic heterocycles. The van der Waals surface area contributed by atoms with E-state index in [0.29, 0.717) is 26.1 Å². The fourth-order valence-electron chi connectivity index (χ4n) is 2.68. The molecule has 0 spiro atoms. The predicted molar refractivity (Wildman–Crippen MR) is 86.1 cm³/mol. The number of aliphatic hydroxyl groups is 1. The third-order valence-corrected chi connectivity index (χ3v) is 3.77. The van der Waals surface area contributed by atoms with Crippen LogP contribution in [0.2, 0.25) is 0 Å². The highest BCUT2D eigenvalue weighted by Crippen LogP contribution is 2.19. The summed E-state index contributed by atoms with van der Waals surface area (Å²) in [7, 11) is 1.57. The van der Waals surface area contributed by atoms with Gasteiger partial charge in [0.05, 0.1) is 12.6 Å². The maximum atomic E-state index is 12.4. The molecule has 2 atom stereocenters. The van der Waals surface area contributed by atoms with Crippen molar-refractivity contribution in [2.24, 2.45) is 0 Å². The second kappa shape index (κ2) is 8.49. The molecule has 7 heteroatoms. The van der Waals surface area contributed by atoms with Crippen molar-refractivity contribution in [3.8, 4) is 0 Å². The third-order valence-electron chi connectivity index (χ3n) is 3.77. The maximum absolute atomic E-state index is 12.4. The number of methoxy groups -OCH3 is 1. The average molecular weight is 330 g/mol. The van der Waals surface area contributed by atoms with Crippen molar-refractivity contribution in [2.45, 2.75) is 58.2 Å². The monoisotopic (exact) mass is 330 g/mol. The van der Waals surface area contributed by atoms with Crippen LogP contribution in [0, 0.1) is 0 Å². The van der Waals surface area contributed by atoms with Crippen molar-refractivity contribution < 1.29 is 24.2 Å². The molecule has 23 heavy (non-hydrogen) atoms. The van der Waals surface area contributed by atoms with Crippen LogP contribution in [-0.2, 0) is 14.3 Å². The Morgan fingerprint density at radius 2 is 2.09 bits per heavy atom. The van der Waals surface area contributed by atoms with Gasteiger partial charge in [-0.1, -0.05) is 0 Å². The summed E-state index contributed by atoms with van der Waals surface area (Å²) in [5, 5.41) is 9.21. The molecule has 0 bridgehead atoms. The van der Waals surface area contributed by atoms with Crippen LogP contribution in [0.1, 0.15) is 40.5 Å². The van der Waals surface area contributed by atoms with E-state index in [4.69, 9.17) is 9.47 Å². The van der Waals surface area contributed by atoms with E-state index < -0.39 is 11.7 Å². The van der Waals surface area contributed by atoms with E-state index in [1.54, 1.807) is 16.9 Å². The Morgan fingerprint density at radius 3 is 2.61 bits per heavy atom. The van der Waals surface area contributed by atoms with Crippen molar-refractivity contribution in [3.05, 3.63) is 0 Å². The van der Waals surface area contributed by atoms with Gasteiger partial charge < -0.3 is 24.4 Å². The summed E-state index contributed by atoms with van der Waals surface area (Å²) in [4.78, 5) is 28.1. The minimum absolute atomic E-state index is 0.0119. The normalized spacial score (nSPS) is 21.1. The Morgan fingerprint density at radius 1 is 1.43 bits per heavy atom. The molecule has 0 radical (unpaired) electrons. The van der Waals surface area contributed by atoms with Gasteiger partial charge in [-0.2, -0.15) is 0 Å². The van der Waals surface area contributed by atoms with E-state index in [1.165, 1.54) is 0 Å². The van der Waals surface area contributed by atoms with Gasteiger partial charge in [0.2, 0.25) is 5.91 Å². The SMILES string of the molecule is COC[C@H](CCO)N1C[C@@H](C)N(C(=O)OC(C)(C)C)CCC1=O. The Labute approximate surface area is 138 Å². The van der Waals surface area contributed by atoms with Gasteiger partial charge >= 0.3 is 6.09 Å². The maximum Gasteiger partial charge on any atom is 0.410 e. The van der Waals surface area contributed by atoms with E-state index in [0.717, 1.165) is 0 Å². The lowest BCUT2D eigenvalue weighted by Crippen LogP contribution is -2.48. The van der Waals surface area contributed by atoms with Crippen molar-refractivity contribution in [3.63, 3.8) is 0 Å². The number of carbonyl (C=O) groups excluding carboxylic acids is 2. The van der Waals surface area contributed by atoms with E-state index >= 15 is 0 Å². The standard InChI is InChI=1S/C16H30N2O5/c1-12-10-18(13(7-9-19)11-22-5)14(20)6-8-17(12)15(21)23-16(2,3)4/h12-13,19H,6-11H2,1-5H3/t12-,13+/m1/s1. The lowest BCUT2D eigenvalue weighted by atomic mass is 10.1. The van der Waals surface area contributed by atoms with Crippen LogP contribution in [0.4, 0.5) is 4.79 Å². The lowest BCUT2D eigenvalue weighted by molar-refractivity contribution is -0.134. The average Bonchev–Trinajstić information content (AvgIpc) is 2.56. The van der Waals surface area contributed by atoms with Crippen LogP contribution in [0.25, 0.3) is 0 Å². The van der Waals surface area contributed by atoms with Gasteiger partial charge in [0.1, 0.15) is 5.60 Å². The molecule has 0 aromatic heterocycles. The van der Waals surface area contributed by atoms with Crippen molar-refractivity contribution >= 4 is 12.0 Å². The molecule has 2 amide bonds. The Hall–Kier alpha value is -1.34. The third kappa shape index (κ3) is 5.99. The van der Waals surface area contributed by atoms with E-state index in [9.17, 15) is 14.7 Å². The largest absolute Gasteiger partial charge is 0.444 e. The number of nitrogens with zero attached hydrogens (tertiary/aromatic N) is 2. The molecule has 0 aliphatic carbocycles. The fourth-order valence-corrected chi connectivity index (χ4v) is 2.68. The molecule has 7 nitrogen and oxygen atoms in total. The van der Waals surface area contributed by atoms with Gasteiger partial charge in [-0.15, -0.1) is 0 Å². The van der Waals surface area contributed by atoms with Crippen molar-refractivity contribution in [2.75, 3.05) is 33.4 Å². The van der Waals surface area contributed by atoms with Gasteiger partial charge in [0.25, 0.3) is 0 Å². The first-order valence-corrected chi connectivity index (χ1v) is 8.08. The molecular formula is C16H30N2O5. The minimum Gasteiger partial charge on any atom is -0.444 e. The number of hydrogen-bond donors (Lipinski definition) is 1. The van der Waals surface area contributed by atoms with Crippen molar-refractivity contribution in [1.29, 1.82) is 0 Å². The number of aliphatic hydroxyl groups excluding tert-OH is 1. The molecule has 1 N–H and O–H groups in total. The first-order chi connectivity index (χ1) is 10.7. The van der Waals surface area contributed by atoms with Gasteiger partial charge in [0.15, 0.2) is 0 Å². The molecule has 134 valence electrons. The Kier molecular flexibility index (Phi) is 7.28. The van der Waals surface area contributed by atoms with Crippen LogP contribution < -0.4 is 0 Å². The van der Waals surface area contributed by atoms with Gasteiger partial charge in [-0.3, -0.25) is 4.79 Å². The molecule has 1 saturated heterocycles. The summed E-state index contributed by atoms with van der Waals surface area (Å²) in [6.45, 7) is 8.46. The summed E-state index contributed by atoms with van der Waals surface area (Å²) < 4.78 is 10.6. The van der Waals surface area contributed by atoms with Gasteiger partial charge in [-0.05, 0) is 34.1 Å². The molecule has 0 saturated carbocycles. The fraction of sp³-hybridized carbons (Fsp3) is 0.875. The molecule has 0 aromatic rings. The topological polar surface area (TPSA) is 79.3 Å². The second-order valence-electron chi connectivity index (χ2n) is 6.94. The molecule has 1 aliphatic rings.